The molecule has 3 aromatic rings. The van der Waals surface area contributed by atoms with Gasteiger partial charge in [0, 0.05) is 23.9 Å². The van der Waals surface area contributed by atoms with Gasteiger partial charge in [0.2, 0.25) is 0 Å². The number of benzene rings is 2. The molecule has 1 saturated heterocycles. The minimum absolute atomic E-state index is 0.0578. The second-order valence-corrected chi connectivity index (χ2v) is 9.04. The molecule has 0 bridgehead atoms. The zero-order valence-corrected chi connectivity index (χ0v) is 19.8. The van der Waals surface area contributed by atoms with Crippen molar-refractivity contribution in [1.82, 2.24) is 14.7 Å². The molecule has 1 aliphatic heterocycles. The molecule has 1 aromatic heterocycles. The smallest absolute Gasteiger partial charge is 0.266 e. The van der Waals surface area contributed by atoms with E-state index in [0.717, 1.165) is 41.1 Å². The standard InChI is InChI=1S/C25H25N3O2S2/c1-3-5-14-30-21-13-9-10-18(15-21)23-19(16-22-24(29)27(4-2)25(31)32-22)17-28(26-23)20-11-7-6-8-12-20/h6-13,15-17H,3-5,14H2,1-2H3. The highest BCUT2D eigenvalue weighted by molar-refractivity contribution is 8.26. The number of hydrogen-bond donors (Lipinski definition) is 0. The average molecular weight is 464 g/mol. The van der Waals surface area contributed by atoms with Gasteiger partial charge in [0.15, 0.2) is 0 Å². The fourth-order valence-corrected chi connectivity index (χ4v) is 4.79. The number of likely N-dealkylation sites (N-methyl/N-ethyl adjacent to an activating group) is 1. The summed E-state index contributed by atoms with van der Waals surface area (Å²) in [5, 5.41) is 4.86. The highest BCUT2D eigenvalue weighted by Gasteiger charge is 2.31. The Morgan fingerprint density at radius 2 is 1.94 bits per heavy atom. The Kier molecular flexibility index (Phi) is 7.07. The molecule has 32 heavy (non-hydrogen) atoms. The van der Waals surface area contributed by atoms with Gasteiger partial charge >= 0.3 is 0 Å². The van der Waals surface area contributed by atoms with E-state index in [1.54, 1.807) is 4.90 Å². The van der Waals surface area contributed by atoms with Crippen LogP contribution in [0.2, 0.25) is 0 Å². The summed E-state index contributed by atoms with van der Waals surface area (Å²) in [4.78, 5) is 15.0. The van der Waals surface area contributed by atoms with Crippen LogP contribution in [0.3, 0.4) is 0 Å². The summed E-state index contributed by atoms with van der Waals surface area (Å²) in [6.07, 6.45) is 5.94. The molecule has 0 unspecified atom stereocenters. The van der Waals surface area contributed by atoms with Crippen molar-refractivity contribution >= 4 is 40.3 Å². The van der Waals surface area contributed by atoms with E-state index in [9.17, 15) is 4.79 Å². The number of rotatable bonds is 8. The van der Waals surface area contributed by atoms with Gasteiger partial charge in [0.1, 0.15) is 15.8 Å². The zero-order chi connectivity index (χ0) is 22.5. The first-order valence-corrected chi connectivity index (χ1v) is 12.0. The molecule has 2 heterocycles. The molecule has 2 aromatic carbocycles. The van der Waals surface area contributed by atoms with E-state index >= 15 is 0 Å². The number of thiocarbonyl (C=S) groups is 1. The van der Waals surface area contributed by atoms with Crippen molar-refractivity contribution in [3.63, 3.8) is 0 Å². The molecule has 0 atom stereocenters. The van der Waals surface area contributed by atoms with Crippen molar-refractivity contribution in [2.45, 2.75) is 26.7 Å². The number of aromatic nitrogens is 2. The number of amides is 1. The van der Waals surface area contributed by atoms with Crippen molar-refractivity contribution in [2.24, 2.45) is 0 Å². The Labute approximate surface area is 198 Å². The lowest BCUT2D eigenvalue weighted by Gasteiger charge is -2.09. The largest absolute Gasteiger partial charge is 0.494 e. The summed E-state index contributed by atoms with van der Waals surface area (Å²) in [6.45, 7) is 5.32. The second kappa shape index (κ2) is 10.1. The van der Waals surface area contributed by atoms with Gasteiger partial charge in [-0.05, 0) is 43.7 Å². The van der Waals surface area contributed by atoms with Crippen LogP contribution in [0.15, 0.2) is 65.7 Å². The average Bonchev–Trinajstić information content (AvgIpc) is 3.35. The quantitative estimate of drug-likeness (QED) is 0.235. The summed E-state index contributed by atoms with van der Waals surface area (Å²) in [6, 6.07) is 17.9. The Hall–Kier alpha value is -2.90. The van der Waals surface area contributed by atoms with Crippen molar-refractivity contribution in [3.8, 4) is 22.7 Å². The van der Waals surface area contributed by atoms with E-state index in [-0.39, 0.29) is 5.91 Å². The van der Waals surface area contributed by atoms with Crippen LogP contribution in [-0.2, 0) is 4.79 Å². The van der Waals surface area contributed by atoms with Crippen LogP contribution in [-0.4, -0.2) is 38.1 Å². The van der Waals surface area contributed by atoms with Gasteiger partial charge in [-0.15, -0.1) is 0 Å². The van der Waals surface area contributed by atoms with Gasteiger partial charge in [-0.2, -0.15) is 5.10 Å². The van der Waals surface area contributed by atoms with E-state index in [4.69, 9.17) is 22.1 Å². The number of hydrogen-bond acceptors (Lipinski definition) is 5. The monoisotopic (exact) mass is 463 g/mol. The summed E-state index contributed by atoms with van der Waals surface area (Å²) < 4.78 is 8.33. The normalized spacial score (nSPS) is 15.1. The third kappa shape index (κ3) is 4.79. The summed E-state index contributed by atoms with van der Waals surface area (Å²) in [7, 11) is 0. The van der Waals surface area contributed by atoms with Crippen molar-refractivity contribution in [3.05, 3.63) is 71.3 Å². The molecule has 0 saturated carbocycles. The van der Waals surface area contributed by atoms with Crippen LogP contribution in [0.1, 0.15) is 32.3 Å². The Morgan fingerprint density at radius 3 is 2.66 bits per heavy atom. The van der Waals surface area contributed by atoms with Gasteiger partial charge in [-0.25, -0.2) is 4.68 Å². The number of para-hydroxylation sites is 1. The van der Waals surface area contributed by atoms with E-state index in [1.165, 1.54) is 11.8 Å². The Bertz CT molecular complexity index is 1160. The molecule has 4 rings (SSSR count). The molecule has 164 valence electrons. The van der Waals surface area contributed by atoms with Gasteiger partial charge in [-0.1, -0.05) is 67.7 Å². The van der Waals surface area contributed by atoms with E-state index in [0.29, 0.717) is 22.4 Å². The minimum atomic E-state index is -0.0578. The highest BCUT2D eigenvalue weighted by Crippen LogP contribution is 2.35. The van der Waals surface area contributed by atoms with Gasteiger partial charge in [0.25, 0.3) is 5.91 Å². The predicted octanol–water partition coefficient (Wildman–Crippen LogP) is 5.94. The van der Waals surface area contributed by atoms with Crippen LogP contribution >= 0.6 is 24.0 Å². The van der Waals surface area contributed by atoms with Gasteiger partial charge in [0.05, 0.1) is 17.2 Å². The maximum Gasteiger partial charge on any atom is 0.266 e. The van der Waals surface area contributed by atoms with E-state index < -0.39 is 0 Å². The van der Waals surface area contributed by atoms with Crippen molar-refractivity contribution in [1.29, 1.82) is 0 Å². The Balaban J connectivity index is 1.76. The number of thioether (sulfide) groups is 1. The lowest BCUT2D eigenvalue weighted by molar-refractivity contribution is -0.121. The van der Waals surface area contributed by atoms with Gasteiger partial charge < -0.3 is 4.74 Å². The molecule has 1 aliphatic rings. The molecular weight excluding hydrogens is 438 g/mol. The number of carbonyl (C=O) groups excluding carboxylic acids is 1. The number of ether oxygens (including phenoxy) is 1. The Morgan fingerprint density at radius 1 is 1.12 bits per heavy atom. The fourth-order valence-electron chi connectivity index (χ4n) is 3.41. The molecule has 1 amide bonds. The lowest BCUT2D eigenvalue weighted by Crippen LogP contribution is -2.27. The minimum Gasteiger partial charge on any atom is -0.494 e. The fraction of sp³-hybridized carbons (Fsp3) is 0.240. The topological polar surface area (TPSA) is 47.4 Å². The number of nitrogens with zero attached hydrogens (tertiary/aromatic N) is 3. The van der Waals surface area contributed by atoms with Crippen LogP contribution in [0, 0.1) is 0 Å². The van der Waals surface area contributed by atoms with Crippen LogP contribution in [0.25, 0.3) is 23.0 Å². The lowest BCUT2D eigenvalue weighted by atomic mass is 10.1. The summed E-state index contributed by atoms with van der Waals surface area (Å²) in [5.41, 5.74) is 3.53. The van der Waals surface area contributed by atoms with Crippen molar-refractivity contribution < 1.29 is 9.53 Å². The third-order valence-electron chi connectivity index (χ3n) is 5.11. The molecule has 1 fully saturated rings. The summed E-state index contributed by atoms with van der Waals surface area (Å²) in [5.74, 6) is 0.756. The maximum absolute atomic E-state index is 12.8. The molecule has 0 radical (unpaired) electrons. The predicted molar refractivity (Wildman–Crippen MR) is 135 cm³/mol. The first-order valence-electron chi connectivity index (χ1n) is 10.7. The van der Waals surface area contributed by atoms with Crippen LogP contribution < -0.4 is 4.74 Å². The number of carbonyl (C=O) groups is 1. The highest BCUT2D eigenvalue weighted by atomic mass is 32.2. The first-order chi connectivity index (χ1) is 15.6. The van der Waals surface area contributed by atoms with Gasteiger partial charge in [-0.3, -0.25) is 9.69 Å². The third-order valence-corrected chi connectivity index (χ3v) is 6.49. The molecule has 0 spiro atoms. The molecule has 0 aliphatic carbocycles. The molecule has 5 nitrogen and oxygen atoms in total. The summed E-state index contributed by atoms with van der Waals surface area (Å²) >= 11 is 6.71. The van der Waals surface area contributed by atoms with Crippen molar-refractivity contribution in [2.75, 3.05) is 13.2 Å². The SMILES string of the molecule is CCCCOc1cccc(-c2nn(-c3ccccc3)cc2C=C2SC(=S)N(CC)C2=O)c1. The van der Waals surface area contributed by atoms with Crippen LogP contribution in [0.5, 0.6) is 5.75 Å². The molecule has 0 N–H and O–H groups in total. The molecule has 7 heteroatoms. The maximum atomic E-state index is 12.8. The second-order valence-electron chi connectivity index (χ2n) is 7.37. The van der Waals surface area contributed by atoms with E-state index in [2.05, 4.69) is 6.92 Å². The zero-order valence-electron chi connectivity index (χ0n) is 18.2. The molecular formula is C25H25N3O2S2. The first kappa shape index (κ1) is 22.3. The number of unbranched alkanes of at least 4 members (excludes halogenated alkanes) is 1. The van der Waals surface area contributed by atoms with Crippen LogP contribution in [0.4, 0.5) is 0 Å². The van der Waals surface area contributed by atoms with E-state index in [1.807, 2.05) is 78.5 Å².